The number of fused-ring (bicyclic) bond motifs is 1. The summed E-state index contributed by atoms with van der Waals surface area (Å²) in [4.78, 5) is 55.5. The number of hydrogen-bond acceptors (Lipinski definition) is 11. The molecule has 4 aromatic rings. The van der Waals surface area contributed by atoms with Crippen LogP contribution in [0.1, 0.15) is 53.9 Å². The highest BCUT2D eigenvalue weighted by molar-refractivity contribution is 9.11. The van der Waals surface area contributed by atoms with Crippen LogP contribution in [0.5, 0.6) is 17.2 Å². The monoisotopic (exact) mass is 842 g/mol. The number of esters is 2. The number of aromatic carboxylic acids is 1. The third-order valence-corrected chi connectivity index (χ3v) is 9.74. The Labute approximate surface area is 312 Å². The number of ether oxygens (including phenoxy) is 5. The fourth-order valence-electron chi connectivity index (χ4n) is 5.24. The van der Waals surface area contributed by atoms with Crippen LogP contribution in [0.25, 0.3) is 6.08 Å². The average molecular weight is 845 g/mol. The molecule has 0 spiro atoms. The average Bonchev–Trinajstić information content (AvgIpc) is 3.40. The zero-order valence-corrected chi connectivity index (χ0v) is 31.8. The minimum Gasteiger partial charge on any atom is -0.490 e. The summed E-state index contributed by atoms with van der Waals surface area (Å²) in [6, 6.07) is 14.1. The fourth-order valence-corrected chi connectivity index (χ4v) is 7.73. The molecule has 5 rings (SSSR count). The van der Waals surface area contributed by atoms with E-state index in [1.54, 1.807) is 69.3 Å². The maximum Gasteiger partial charge on any atom is 0.343 e. The van der Waals surface area contributed by atoms with Gasteiger partial charge in [0.05, 0.1) is 56.7 Å². The van der Waals surface area contributed by atoms with Crippen molar-refractivity contribution in [2.75, 3.05) is 26.9 Å². The van der Waals surface area contributed by atoms with Gasteiger partial charge in [-0.05, 0) is 112 Å². The van der Waals surface area contributed by atoms with E-state index in [4.69, 9.17) is 24.1 Å². The third-order valence-electron chi connectivity index (χ3n) is 7.58. The van der Waals surface area contributed by atoms with Crippen LogP contribution in [0.15, 0.2) is 84.6 Å². The number of aromatic nitrogens is 1. The molecule has 51 heavy (non-hydrogen) atoms. The molecule has 1 aromatic heterocycles. The molecule has 15 heteroatoms. The van der Waals surface area contributed by atoms with Crippen LogP contribution in [0, 0.1) is 0 Å². The van der Waals surface area contributed by atoms with Gasteiger partial charge < -0.3 is 28.8 Å². The van der Waals surface area contributed by atoms with Gasteiger partial charge in [-0.15, -0.1) is 0 Å². The van der Waals surface area contributed by atoms with Crippen molar-refractivity contribution >= 4 is 67.2 Å². The Balaban J connectivity index is 1.54. The molecule has 1 aliphatic rings. The molecule has 0 radical (unpaired) electrons. The maximum atomic E-state index is 14.2. The minimum atomic E-state index is -1.00. The summed E-state index contributed by atoms with van der Waals surface area (Å²) in [5, 5.41) is 9.14. The van der Waals surface area contributed by atoms with Gasteiger partial charge in [0.25, 0.3) is 5.56 Å². The summed E-state index contributed by atoms with van der Waals surface area (Å²) in [6.07, 6.45) is 1.73. The number of thiazole rings is 1. The Kier molecular flexibility index (Phi) is 12.2. The number of allylic oxidation sites excluding steroid dienone is 1. The smallest absolute Gasteiger partial charge is 0.343 e. The van der Waals surface area contributed by atoms with E-state index < -0.39 is 23.9 Å². The number of carboxylic acid groups (broad SMARTS) is 1. The van der Waals surface area contributed by atoms with Crippen LogP contribution in [0.4, 0.5) is 0 Å². The molecule has 0 saturated carbocycles. The predicted molar refractivity (Wildman–Crippen MR) is 195 cm³/mol. The molecule has 266 valence electrons. The van der Waals surface area contributed by atoms with Crippen molar-refractivity contribution in [3.63, 3.8) is 0 Å². The Hall–Kier alpha value is -4.73. The summed E-state index contributed by atoms with van der Waals surface area (Å²) in [5.74, 6) is -1.06. The molecule has 1 atom stereocenters. The van der Waals surface area contributed by atoms with Crippen LogP contribution in [0.3, 0.4) is 0 Å². The highest BCUT2D eigenvalue weighted by Gasteiger charge is 2.34. The fraction of sp³-hybridized carbons (Fsp3) is 0.250. The van der Waals surface area contributed by atoms with E-state index in [0.717, 1.165) is 5.56 Å². The Morgan fingerprint density at radius 2 is 1.67 bits per heavy atom. The predicted octanol–water partition coefficient (Wildman–Crippen LogP) is 5.55. The zero-order valence-electron chi connectivity index (χ0n) is 27.9. The van der Waals surface area contributed by atoms with Crippen molar-refractivity contribution in [3.8, 4) is 17.2 Å². The molecule has 1 N–H and O–H groups in total. The summed E-state index contributed by atoms with van der Waals surface area (Å²) in [5.41, 5.74) is 2.42. The van der Waals surface area contributed by atoms with Gasteiger partial charge in [-0.3, -0.25) is 9.36 Å². The summed E-state index contributed by atoms with van der Waals surface area (Å²) >= 11 is 8.31. The van der Waals surface area contributed by atoms with Gasteiger partial charge in [-0.2, -0.15) is 0 Å². The maximum absolute atomic E-state index is 14.2. The van der Waals surface area contributed by atoms with Crippen molar-refractivity contribution < 1.29 is 43.2 Å². The Bertz CT molecular complexity index is 2190. The topological polar surface area (TPSA) is 152 Å². The SMILES string of the molecule is CCOC(=O)C1=C(C)N=c2s/c(=C\c3cc(Br)c(OCc4ccc(C(=O)O)cc4)c(Br)c3)c(=O)n2[C@@H]1c1ccc(OCC(=O)OC)c(OCC)c1. The van der Waals surface area contributed by atoms with Crippen molar-refractivity contribution in [2.24, 2.45) is 4.99 Å². The van der Waals surface area contributed by atoms with Gasteiger partial charge in [0.2, 0.25) is 0 Å². The molecule has 0 aliphatic carbocycles. The van der Waals surface area contributed by atoms with E-state index in [1.807, 2.05) is 0 Å². The lowest BCUT2D eigenvalue weighted by molar-refractivity contribution is -0.143. The molecular weight excluding hydrogens is 812 g/mol. The molecule has 0 amide bonds. The second-order valence-corrected chi connectivity index (χ2v) is 13.6. The van der Waals surface area contributed by atoms with E-state index in [1.165, 1.54) is 35.1 Å². The molecular formula is C36H32Br2N2O10S. The normalized spacial score (nSPS) is 14.0. The Morgan fingerprint density at radius 1 is 0.961 bits per heavy atom. The lowest BCUT2D eigenvalue weighted by atomic mass is 9.95. The molecule has 0 bridgehead atoms. The molecule has 3 aromatic carbocycles. The third kappa shape index (κ3) is 8.43. The Morgan fingerprint density at radius 3 is 2.29 bits per heavy atom. The number of rotatable bonds is 13. The molecule has 12 nitrogen and oxygen atoms in total. The van der Waals surface area contributed by atoms with Gasteiger partial charge in [0.15, 0.2) is 22.9 Å². The largest absolute Gasteiger partial charge is 0.490 e. The first-order chi connectivity index (χ1) is 24.4. The molecule has 0 unspecified atom stereocenters. The second kappa shape index (κ2) is 16.5. The van der Waals surface area contributed by atoms with E-state index >= 15 is 0 Å². The van der Waals surface area contributed by atoms with Gasteiger partial charge in [0.1, 0.15) is 12.4 Å². The number of halogens is 2. The van der Waals surface area contributed by atoms with E-state index in [2.05, 4.69) is 41.6 Å². The number of hydrogen-bond donors (Lipinski definition) is 1. The van der Waals surface area contributed by atoms with E-state index in [9.17, 15) is 19.2 Å². The summed E-state index contributed by atoms with van der Waals surface area (Å²) in [7, 11) is 1.26. The zero-order chi connectivity index (χ0) is 36.8. The van der Waals surface area contributed by atoms with Crippen molar-refractivity contribution in [1.29, 1.82) is 0 Å². The first-order valence-electron chi connectivity index (χ1n) is 15.6. The van der Waals surface area contributed by atoms with Crippen LogP contribution in [-0.4, -0.2) is 54.5 Å². The quantitative estimate of drug-likeness (QED) is 0.170. The summed E-state index contributed by atoms with van der Waals surface area (Å²) < 4.78 is 30.6. The van der Waals surface area contributed by atoms with Crippen molar-refractivity contribution in [2.45, 2.75) is 33.4 Å². The van der Waals surface area contributed by atoms with Crippen LogP contribution < -0.4 is 29.1 Å². The van der Waals surface area contributed by atoms with E-state index in [0.29, 0.717) is 46.6 Å². The lowest BCUT2D eigenvalue weighted by Crippen LogP contribution is -2.40. The van der Waals surface area contributed by atoms with E-state index in [-0.39, 0.29) is 48.9 Å². The first-order valence-corrected chi connectivity index (χ1v) is 18.0. The lowest BCUT2D eigenvalue weighted by Gasteiger charge is -2.25. The number of nitrogens with zero attached hydrogens (tertiary/aromatic N) is 2. The molecule has 1 aliphatic heterocycles. The second-order valence-electron chi connectivity index (χ2n) is 10.9. The number of carbonyl (C=O) groups excluding carboxylic acids is 2. The molecule has 0 saturated heterocycles. The van der Waals surface area contributed by atoms with Crippen LogP contribution in [-0.2, 0) is 25.7 Å². The van der Waals surface area contributed by atoms with Crippen molar-refractivity contribution in [1.82, 2.24) is 4.57 Å². The van der Waals surface area contributed by atoms with Crippen LogP contribution >= 0.6 is 43.2 Å². The number of carbonyl (C=O) groups is 3. The minimum absolute atomic E-state index is 0.123. The highest BCUT2D eigenvalue weighted by atomic mass is 79.9. The summed E-state index contributed by atoms with van der Waals surface area (Å²) in [6.45, 7) is 5.46. The number of carboxylic acids is 1. The van der Waals surface area contributed by atoms with Gasteiger partial charge in [-0.25, -0.2) is 19.4 Å². The highest BCUT2D eigenvalue weighted by Crippen LogP contribution is 2.37. The van der Waals surface area contributed by atoms with Crippen molar-refractivity contribution in [3.05, 3.63) is 117 Å². The molecule has 0 fully saturated rings. The van der Waals surface area contributed by atoms with Gasteiger partial charge in [0, 0.05) is 0 Å². The molecule has 2 heterocycles. The first kappa shape index (κ1) is 37.5. The number of benzene rings is 3. The van der Waals surface area contributed by atoms with Crippen LogP contribution in [0.2, 0.25) is 0 Å². The standard InChI is InChI=1S/C36H32Br2N2O10S/c1-5-47-27-16-23(11-12-26(27)49-18-29(41)46-4)31-30(35(45)48-6-2)19(3)39-36-40(31)33(42)28(51-36)15-21-13-24(37)32(25(38)14-21)50-17-20-7-9-22(10-8-20)34(43)44/h7-16,31H,5-6,17-18H2,1-4H3,(H,43,44)/b28-15-/t31-/m1/s1. The number of methoxy groups -OCH3 is 1. The van der Waals surface area contributed by atoms with Gasteiger partial charge in [-0.1, -0.05) is 29.5 Å². The van der Waals surface area contributed by atoms with Gasteiger partial charge >= 0.3 is 17.9 Å².